The molecular formula is C24H26N4O5. The first-order valence-electron chi connectivity index (χ1n) is 10.8. The van der Waals surface area contributed by atoms with Crippen LogP contribution in [-0.2, 0) is 21.4 Å². The number of rotatable bonds is 7. The van der Waals surface area contributed by atoms with Crippen LogP contribution in [0.4, 0.5) is 5.69 Å². The molecule has 1 atom stereocenters. The number of aromatic nitrogens is 2. The number of nitrogens with one attached hydrogen (secondary N) is 2. The first-order valence-corrected chi connectivity index (χ1v) is 10.8. The van der Waals surface area contributed by atoms with Gasteiger partial charge in [-0.3, -0.25) is 24.4 Å². The number of ether oxygens (including phenoxy) is 2. The third-order valence-electron chi connectivity index (χ3n) is 5.27. The zero-order valence-electron chi connectivity index (χ0n) is 18.8. The molecule has 172 valence electrons. The molecule has 2 N–H and O–H groups in total. The maximum atomic E-state index is 12.5. The summed E-state index contributed by atoms with van der Waals surface area (Å²) in [7, 11) is 1.75. The molecule has 9 nitrogen and oxygen atoms in total. The molecule has 0 radical (unpaired) electrons. The third kappa shape index (κ3) is 4.97. The molecule has 0 saturated carbocycles. The second-order valence-corrected chi connectivity index (χ2v) is 8.20. The fourth-order valence-electron chi connectivity index (χ4n) is 3.92. The molecular weight excluding hydrogens is 424 g/mol. The molecule has 0 bridgehead atoms. The van der Waals surface area contributed by atoms with Crippen molar-refractivity contribution in [3.8, 4) is 11.5 Å². The van der Waals surface area contributed by atoms with Crippen molar-refractivity contribution in [2.24, 2.45) is 7.05 Å². The van der Waals surface area contributed by atoms with Crippen molar-refractivity contribution in [1.29, 1.82) is 0 Å². The maximum Gasteiger partial charge on any atom is 0.262 e. The second kappa shape index (κ2) is 9.32. The highest BCUT2D eigenvalue weighted by Crippen LogP contribution is 2.34. The largest absolute Gasteiger partial charge is 0.491 e. The predicted molar refractivity (Wildman–Crippen MR) is 122 cm³/mol. The lowest BCUT2D eigenvalue weighted by Gasteiger charge is -2.19. The van der Waals surface area contributed by atoms with Gasteiger partial charge in [0, 0.05) is 30.6 Å². The number of amides is 3. The van der Waals surface area contributed by atoms with Crippen molar-refractivity contribution in [1.82, 2.24) is 15.1 Å². The summed E-state index contributed by atoms with van der Waals surface area (Å²) in [6.45, 7) is 3.67. The van der Waals surface area contributed by atoms with Crippen LogP contribution in [-0.4, -0.2) is 40.2 Å². The molecule has 3 amide bonds. The van der Waals surface area contributed by atoms with Gasteiger partial charge in [-0.1, -0.05) is 18.2 Å². The Bertz CT molecular complexity index is 1220. The highest BCUT2D eigenvalue weighted by Gasteiger charge is 2.32. The monoisotopic (exact) mass is 450 g/mol. The van der Waals surface area contributed by atoms with Gasteiger partial charge in [0.15, 0.2) is 6.61 Å². The minimum Gasteiger partial charge on any atom is -0.491 e. The van der Waals surface area contributed by atoms with Crippen molar-refractivity contribution < 1.29 is 23.9 Å². The molecule has 1 fully saturated rings. The normalized spacial score (nSPS) is 16.1. The number of carbonyl (C=O) groups is 3. The summed E-state index contributed by atoms with van der Waals surface area (Å²) in [6, 6.07) is 12.6. The third-order valence-corrected chi connectivity index (χ3v) is 5.27. The van der Waals surface area contributed by atoms with E-state index in [4.69, 9.17) is 9.47 Å². The average molecular weight is 450 g/mol. The van der Waals surface area contributed by atoms with Crippen molar-refractivity contribution in [2.75, 3.05) is 11.9 Å². The number of imide groups is 1. The Morgan fingerprint density at radius 3 is 2.79 bits per heavy atom. The minimum absolute atomic E-state index is 0.0312. The van der Waals surface area contributed by atoms with Gasteiger partial charge in [0.25, 0.3) is 5.91 Å². The molecule has 0 aliphatic carbocycles. The van der Waals surface area contributed by atoms with Crippen LogP contribution >= 0.6 is 0 Å². The molecule has 33 heavy (non-hydrogen) atoms. The molecule has 1 aliphatic rings. The van der Waals surface area contributed by atoms with Crippen LogP contribution in [0.25, 0.3) is 10.9 Å². The van der Waals surface area contributed by atoms with Crippen LogP contribution in [0, 0.1) is 0 Å². The van der Waals surface area contributed by atoms with Gasteiger partial charge in [0.2, 0.25) is 11.8 Å². The Morgan fingerprint density at radius 1 is 1.24 bits per heavy atom. The van der Waals surface area contributed by atoms with E-state index in [2.05, 4.69) is 15.7 Å². The SMILES string of the molecule is CC(C)Oc1cccc(NC(=O)COc2cccc3c(C4CCC(=O)NC4=O)nn(C)c23)c1. The van der Waals surface area contributed by atoms with Gasteiger partial charge < -0.3 is 14.8 Å². The smallest absolute Gasteiger partial charge is 0.262 e. The van der Waals surface area contributed by atoms with E-state index in [-0.39, 0.29) is 36.9 Å². The summed E-state index contributed by atoms with van der Waals surface area (Å²) in [5.74, 6) is -0.294. The lowest BCUT2D eigenvalue weighted by atomic mass is 9.93. The number of benzene rings is 2. The van der Waals surface area contributed by atoms with Gasteiger partial charge in [-0.15, -0.1) is 0 Å². The van der Waals surface area contributed by atoms with E-state index in [1.54, 1.807) is 42.1 Å². The Hall–Kier alpha value is -3.88. The van der Waals surface area contributed by atoms with Gasteiger partial charge in [-0.25, -0.2) is 0 Å². The van der Waals surface area contributed by atoms with Crippen LogP contribution in [0.3, 0.4) is 0 Å². The molecule has 9 heteroatoms. The van der Waals surface area contributed by atoms with E-state index in [1.165, 1.54) is 0 Å². The van der Waals surface area contributed by atoms with E-state index in [0.29, 0.717) is 34.8 Å². The number of hydrogen-bond donors (Lipinski definition) is 2. The van der Waals surface area contributed by atoms with Crippen LogP contribution in [0.15, 0.2) is 42.5 Å². The molecule has 3 aromatic rings. The topological polar surface area (TPSA) is 112 Å². The number of para-hydroxylation sites is 1. The molecule has 1 aliphatic heterocycles. The Kier molecular flexibility index (Phi) is 6.30. The highest BCUT2D eigenvalue weighted by atomic mass is 16.5. The van der Waals surface area contributed by atoms with Crippen molar-refractivity contribution in [3.05, 3.63) is 48.2 Å². The zero-order chi connectivity index (χ0) is 23.5. The van der Waals surface area contributed by atoms with E-state index in [0.717, 1.165) is 5.39 Å². The van der Waals surface area contributed by atoms with Crippen LogP contribution < -0.4 is 20.1 Å². The first kappa shape index (κ1) is 22.3. The van der Waals surface area contributed by atoms with Gasteiger partial charge in [-0.2, -0.15) is 5.10 Å². The van der Waals surface area contributed by atoms with Gasteiger partial charge in [-0.05, 0) is 38.5 Å². The summed E-state index contributed by atoms with van der Waals surface area (Å²) in [5, 5.41) is 10.5. The fourth-order valence-corrected chi connectivity index (χ4v) is 3.92. The van der Waals surface area contributed by atoms with Crippen LogP contribution in [0.2, 0.25) is 0 Å². The maximum absolute atomic E-state index is 12.5. The molecule has 4 rings (SSSR count). The van der Waals surface area contributed by atoms with Crippen molar-refractivity contribution in [3.63, 3.8) is 0 Å². The zero-order valence-corrected chi connectivity index (χ0v) is 18.8. The Morgan fingerprint density at radius 2 is 2.03 bits per heavy atom. The van der Waals surface area contributed by atoms with Gasteiger partial charge in [0.05, 0.1) is 17.7 Å². The van der Waals surface area contributed by atoms with E-state index >= 15 is 0 Å². The second-order valence-electron chi connectivity index (χ2n) is 8.20. The van der Waals surface area contributed by atoms with E-state index in [9.17, 15) is 14.4 Å². The Labute approximate surface area is 191 Å². The van der Waals surface area contributed by atoms with E-state index < -0.39 is 5.92 Å². The molecule has 1 unspecified atom stereocenters. The lowest BCUT2D eigenvalue weighted by molar-refractivity contribution is -0.134. The minimum atomic E-state index is -0.509. The molecule has 2 heterocycles. The van der Waals surface area contributed by atoms with Crippen LogP contribution in [0.1, 0.15) is 38.3 Å². The van der Waals surface area contributed by atoms with Crippen molar-refractivity contribution >= 4 is 34.3 Å². The van der Waals surface area contributed by atoms with E-state index in [1.807, 2.05) is 26.0 Å². The molecule has 1 aromatic heterocycles. The number of aryl methyl sites for hydroxylation is 1. The number of piperidine rings is 1. The van der Waals surface area contributed by atoms with Crippen LogP contribution in [0.5, 0.6) is 11.5 Å². The summed E-state index contributed by atoms with van der Waals surface area (Å²) in [4.78, 5) is 36.3. The molecule has 1 saturated heterocycles. The fraction of sp³-hybridized carbons (Fsp3) is 0.333. The highest BCUT2D eigenvalue weighted by molar-refractivity contribution is 6.03. The Balaban J connectivity index is 1.48. The summed E-state index contributed by atoms with van der Waals surface area (Å²) in [6.07, 6.45) is 0.710. The molecule has 0 spiro atoms. The summed E-state index contributed by atoms with van der Waals surface area (Å²) in [5.41, 5.74) is 1.88. The van der Waals surface area contributed by atoms with Crippen molar-refractivity contribution in [2.45, 2.75) is 38.7 Å². The number of anilines is 1. The summed E-state index contributed by atoms with van der Waals surface area (Å²) >= 11 is 0. The number of fused-ring (bicyclic) bond motifs is 1. The predicted octanol–water partition coefficient (Wildman–Crippen LogP) is 2.90. The average Bonchev–Trinajstić information content (AvgIpc) is 3.09. The first-order chi connectivity index (χ1) is 15.8. The number of nitrogens with zero attached hydrogens (tertiary/aromatic N) is 2. The lowest BCUT2D eigenvalue weighted by Crippen LogP contribution is -2.39. The molecule has 2 aromatic carbocycles. The summed E-state index contributed by atoms with van der Waals surface area (Å²) < 4.78 is 13.1. The quantitative estimate of drug-likeness (QED) is 0.536. The van der Waals surface area contributed by atoms with Gasteiger partial charge in [0.1, 0.15) is 17.0 Å². The standard InChI is InChI=1S/C24H26N4O5/c1-14(2)33-16-7-4-6-15(12-16)25-21(30)13-32-19-9-5-8-17-22(27-28(3)23(17)19)18-10-11-20(29)26-24(18)31/h4-9,12,14,18H,10-11,13H2,1-3H3,(H,25,30)(H,26,29,31). The number of hydrogen-bond acceptors (Lipinski definition) is 6. The van der Waals surface area contributed by atoms with Gasteiger partial charge >= 0.3 is 0 Å². The number of carbonyl (C=O) groups excluding carboxylic acids is 3.